The minimum Gasteiger partial charge on any atom is -0.383 e. The topological polar surface area (TPSA) is 75.7 Å². The highest BCUT2D eigenvalue weighted by molar-refractivity contribution is 7.88. The molecule has 0 aliphatic carbocycles. The highest BCUT2D eigenvalue weighted by Crippen LogP contribution is 2.30. The number of amides is 1. The number of hydrogen-bond donors (Lipinski definition) is 1. The molecule has 1 N–H and O–H groups in total. The average Bonchev–Trinajstić information content (AvgIpc) is 2.45. The number of halogens is 3. The van der Waals surface area contributed by atoms with Crippen molar-refractivity contribution in [1.29, 1.82) is 0 Å². The lowest BCUT2D eigenvalue weighted by Gasteiger charge is -2.19. The SMILES string of the molecule is COCCN(CCC(=O)Nc1cccc(C(F)(F)F)c1)S(C)(=O)=O. The van der Waals surface area contributed by atoms with E-state index in [0.29, 0.717) is 0 Å². The standard InChI is InChI=1S/C14H19F3N2O4S/c1-23-9-8-19(24(2,21)22)7-6-13(20)18-12-5-3-4-11(10-12)14(15,16)17/h3-5,10H,6-9H2,1-2H3,(H,18,20). The molecule has 0 fully saturated rings. The van der Waals surface area contributed by atoms with E-state index in [1.54, 1.807) is 0 Å². The lowest BCUT2D eigenvalue weighted by atomic mass is 10.2. The van der Waals surface area contributed by atoms with Gasteiger partial charge in [-0.3, -0.25) is 4.79 Å². The summed E-state index contributed by atoms with van der Waals surface area (Å²) >= 11 is 0. The van der Waals surface area contributed by atoms with E-state index in [4.69, 9.17) is 4.74 Å². The number of nitrogens with one attached hydrogen (secondary N) is 1. The molecule has 0 heterocycles. The van der Waals surface area contributed by atoms with Crippen molar-refractivity contribution in [3.05, 3.63) is 29.8 Å². The van der Waals surface area contributed by atoms with E-state index in [2.05, 4.69) is 5.32 Å². The Bertz CT molecular complexity index is 662. The Kier molecular flexibility index (Phi) is 7.18. The molecule has 6 nitrogen and oxygen atoms in total. The van der Waals surface area contributed by atoms with Crippen LogP contribution in [0.15, 0.2) is 24.3 Å². The van der Waals surface area contributed by atoms with Crippen LogP contribution in [0.25, 0.3) is 0 Å². The first-order chi connectivity index (χ1) is 11.0. The summed E-state index contributed by atoms with van der Waals surface area (Å²) in [6.45, 7) is 0.168. The van der Waals surface area contributed by atoms with Crippen LogP contribution in [0.4, 0.5) is 18.9 Å². The number of rotatable bonds is 8. The third-order valence-electron chi connectivity index (χ3n) is 3.08. The zero-order valence-corrected chi connectivity index (χ0v) is 14.1. The van der Waals surface area contributed by atoms with Crippen LogP contribution >= 0.6 is 0 Å². The molecular formula is C14H19F3N2O4S. The monoisotopic (exact) mass is 368 g/mol. The van der Waals surface area contributed by atoms with Crippen LogP contribution in [-0.2, 0) is 25.7 Å². The molecule has 10 heteroatoms. The lowest BCUT2D eigenvalue weighted by molar-refractivity contribution is -0.137. The van der Waals surface area contributed by atoms with E-state index in [0.717, 1.165) is 22.7 Å². The average molecular weight is 368 g/mol. The molecule has 0 unspecified atom stereocenters. The second-order valence-corrected chi connectivity index (χ2v) is 7.01. The summed E-state index contributed by atoms with van der Waals surface area (Å²) in [6, 6.07) is 4.22. The normalized spacial score (nSPS) is 12.4. The van der Waals surface area contributed by atoms with Crippen molar-refractivity contribution in [2.75, 3.05) is 38.4 Å². The smallest absolute Gasteiger partial charge is 0.383 e. The van der Waals surface area contributed by atoms with Crippen molar-refractivity contribution in [1.82, 2.24) is 4.31 Å². The number of benzene rings is 1. The molecule has 1 aromatic rings. The minimum absolute atomic E-state index is 0.00220. The van der Waals surface area contributed by atoms with Gasteiger partial charge in [-0.2, -0.15) is 17.5 Å². The highest BCUT2D eigenvalue weighted by atomic mass is 32.2. The number of sulfonamides is 1. The molecule has 136 valence electrons. The van der Waals surface area contributed by atoms with E-state index >= 15 is 0 Å². The Morgan fingerprint density at radius 2 is 1.96 bits per heavy atom. The van der Waals surface area contributed by atoms with Gasteiger partial charge in [-0.1, -0.05) is 6.07 Å². The predicted octanol–water partition coefficient (Wildman–Crippen LogP) is 1.94. The zero-order valence-electron chi connectivity index (χ0n) is 13.3. The fourth-order valence-corrected chi connectivity index (χ4v) is 2.69. The second kappa shape index (κ2) is 8.45. The van der Waals surface area contributed by atoms with Gasteiger partial charge in [0, 0.05) is 32.3 Å². The first kappa shape index (κ1) is 20.4. The van der Waals surface area contributed by atoms with Gasteiger partial charge < -0.3 is 10.1 Å². The second-order valence-electron chi connectivity index (χ2n) is 5.03. The Hall–Kier alpha value is -1.65. The van der Waals surface area contributed by atoms with E-state index in [-0.39, 0.29) is 31.8 Å². The predicted molar refractivity (Wildman–Crippen MR) is 83.0 cm³/mol. The van der Waals surface area contributed by atoms with Crippen LogP contribution < -0.4 is 5.32 Å². The summed E-state index contributed by atoms with van der Waals surface area (Å²) in [7, 11) is -2.09. The number of nitrogens with zero attached hydrogens (tertiary/aromatic N) is 1. The van der Waals surface area contributed by atoms with Gasteiger partial charge in [0.25, 0.3) is 0 Å². The van der Waals surface area contributed by atoms with Gasteiger partial charge in [0.1, 0.15) is 0 Å². The molecule has 0 saturated carbocycles. The third kappa shape index (κ3) is 6.85. The van der Waals surface area contributed by atoms with Crippen LogP contribution in [0.1, 0.15) is 12.0 Å². The molecule has 0 aromatic heterocycles. The van der Waals surface area contributed by atoms with Crippen molar-refractivity contribution in [2.45, 2.75) is 12.6 Å². The van der Waals surface area contributed by atoms with Gasteiger partial charge in [0.2, 0.25) is 15.9 Å². The van der Waals surface area contributed by atoms with Gasteiger partial charge in [0.15, 0.2) is 0 Å². The Morgan fingerprint density at radius 3 is 2.50 bits per heavy atom. The van der Waals surface area contributed by atoms with E-state index < -0.39 is 27.7 Å². The number of ether oxygens (including phenoxy) is 1. The van der Waals surface area contributed by atoms with Crippen LogP contribution in [0.5, 0.6) is 0 Å². The Morgan fingerprint density at radius 1 is 1.29 bits per heavy atom. The van der Waals surface area contributed by atoms with Crippen molar-refractivity contribution in [3.63, 3.8) is 0 Å². The van der Waals surface area contributed by atoms with E-state index in [1.165, 1.54) is 19.2 Å². The minimum atomic E-state index is -4.51. The molecule has 1 rings (SSSR count). The molecule has 0 saturated heterocycles. The third-order valence-corrected chi connectivity index (χ3v) is 4.38. The summed E-state index contributed by atoms with van der Waals surface area (Å²) in [5.41, 5.74) is -0.879. The molecule has 1 amide bonds. The van der Waals surface area contributed by atoms with Crippen molar-refractivity contribution < 1.29 is 31.1 Å². The zero-order chi connectivity index (χ0) is 18.4. The number of methoxy groups -OCH3 is 1. The van der Waals surface area contributed by atoms with E-state index in [1.807, 2.05) is 0 Å². The molecule has 0 aliphatic heterocycles. The van der Waals surface area contributed by atoms with Crippen LogP contribution in [-0.4, -0.2) is 51.7 Å². The summed E-state index contributed by atoms with van der Waals surface area (Å²) < 4.78 is 66.9. The summed E-state index contributed by atoms with van der Waals surface area (Å²) in [6.07, 6.45) is -3.69. The maximum absolute atomic E-state index is 12.6. The maximum Gasteiger partial charge on any atom is 0.416 e. The highest BCUT2D eigenvalue weighted by Gasteiger charge is 2.30. The largest absolute Gasteiger partial charge is 0.416 e. The number of alkyl halides is 3. The number of hydrogen-bond acceptors (Lipinski definition) is 4. The quantitative estimate of drug-likeness (QED) is 0.761. The molecule has 0 radical (unpaired) electrons. The van der Waals surface area contributed by atoms with Gasteiger partial charge >= 0.3 is 6.18 Å². The number of anilines is 1. The first-order valence-electron chi connectivity index (χ1n) is 6.95. The van der Waals surface area contributed by atoms with Crippen molar-refractivity contribution in [2.24, 2.45) is 0 Å². The molecule has 0 aliphatic rings. The van der Waals surface area contributed by atoms with Gasteiger partial charge in [-0.05, 0) is 18.2 Å². The van der Waals surface area contributed by atoms with Crippen LogP contribution in [0, 0.1) is 0 Å². The summed E-state index contributed by atoms with van der Waals surface area (Å²) in [5.74, 6) is -0.583. The fraction of sp³-hybridized carbons (Fsp3) is 0.500. The molecule has 0 atom stereocenters. The molecule has 1 aromatic carbocycles. The van der Waals surface area contributed by atoms with E-state index in [9.17, 15) is 26.4 Å². The summed E-state index contributed by atoms with van der Waals surface area (Å²) in [5, 5.41) is 2.33. The Labute approximate surface area is 138 Å². The molecular weight excluding hydrogens is 349 g/mol. The van der Waals surface area contributed by atoms with Crippen molar-refractivity contribution >= 4 is 21.6 Å². The molecule has 0 spiro atoms. The number of carbonyl (C=O) groups is 1. The Balaban J connectivity index is 2.66. The maximum atomic E-state index is 12.6. The fourth-order valence-electron chi connectivity index (χ4n) is 1.86. The van der Waals surface area contributed by atoms with Crippen LogP contribution in [0.2, 0.25) is 0 Å². The van der Waals surface area contributed by atoms with Gasteiger partial charge in [-0.25, -0.2) is 8.42 Å². The first-order valence-corrected chi connectivity index (χ1v) is 8.80. The molecule has 0 bridgehead atoms. The van der Waals surface area contributed by atoms with Crippen LogP contribution in [0.3, 0.4) is 0 Å². The molecule has 24 heavy (non-hydrogen) atoms. The van der Waals surface area contributed by atoms with Crippen molar-refractivity contribution in [3.8, 4) is 0 Å². The summed E-state index contributed by atoms with van der Waals surface area (Å²) in [4.78, 5) is 11.8. The van der Waals surface area contributed by atoms with Gasteiger partial charge in [-0.15, -0.1) is 0 Å². The van der Waals surface area contributed by atoms with Gasteiger partial charge in [0.05, 0.1) is 18.4 Å². The lowest BCUT2D eigenvalue weighted by Crippen LogP contribution is -2.35. The number of carbonyl (C=O) groups excluding carboxylic acids is 1.